The van der Waals surface area contributed by atoms with Gasteiger partial charge in [0.2, 0.25) is 0 Å². The minimum absolute atomic E-state index is 0.0743. The van der Waals surface area contributed by atoms with Crippen molar-refractivity contribution in [2.75, 3.05) is 13.2 Å². The molecular formula is C31H53O13P. The molecule has 0 amide bonds. The third-order valence-electron chi connectivity index (χ3n) is 6.97. The van der Waals surface area contributed by atoms with Gasteiger partial charge in [0, 0.05) is 12.8 Å². The lowest BCUT2D eigenvalue weighted by atomic mass is 9.85. The molecule has 14 heteroatoms. The van der Waals surface area contributed by atoms with Crippen LogP contribution in [-0.4, -0.2) is 98.3 Å². The normalized spacial score (nSPS) is 26.0. The third-order valence-corrected chi connectivity index (χ3v) is 7.95. The Bertz CT molecular complexity index is 953. The summed E-state index contributed by atoms with van der Waals surface area (Å²) in [6.45, 7) is 2.68. The summed E-state index contributed by atoms with van der Waals surface area (Å²) in [5.41, 5.74) is 0. The Kier molecular flexibility index (Phi) is 21.4. The second kappa shape index (κ2) is 23.4. The highest BCUT2D eigenvalue weighted by atomic mass is 31.2. The second-order valence-electron chi connectivity index (χ2n) is 10.9. The quantitative estimate of drug-likeness (QED) is 0.0402. The number of phosphoric ester groups is 1. The van der Waals surface area contributed by atoms with Crippen molar-refractivity contribution < 1.29 is 63.1 Å². The van der Waals surface area contributed by atoms with Crippen LogP contribution in [0.5, 0.6) is 0 Å². The van der Waals surface area contributed by atoms with Crippen LogP contribution in [-0.2, 0) is 32.7 Å². The summed E-state index contributed by atoms with van der Waals surface area (Å²) in [6.07, 6.45) is 8.70. The summed E-state index contributed by atoms with van der Waals surface area (Å²) < 4.78 is 32.6. The molecule has 13 nitrogen and oxygen atoms in total. The molecule has 0 spiro atoms. The van der Waals surface area contributed by atoms with Crippen LogP contribution in [0.2, 0.25) is 0 Å². The number of allylic oxidation sites excluding steroid dienone is 6. The van der Waals surface area contributed by atoms with Crippen molar-refractivity contribution in [1.29, 1.82) is 0 Å². The first kappa shape index (κ1) is 41.1. The number of phosphoric acid groups is 1. The van der Waals surface area contributed by atoms with Gasteiger partial charge in [0.25, 0.3) is 0 Å². The van der Waals surface area contributed by atoms with Crippen LogP contribution in [0.3, 0.4) is 0 Å². The molecule has 0 aromatic heterocycles. The van der Waals surface area contributed by atoms with Crippen molar-refractivity contribution in [2.45, 2.75) is 134 Å². The van der Waals surface area contributed by atoms with Gasteiger partial charge in [0.15, 0.2) is 6.10 Å². The molecular weight excluding hydrogens is 611 g/mol. The van der Waals surface area contributed by atoms with E-state index in [0.717, 1.165) is 51.4 Å². The molecule has 6 atom stereocenters. The predicted octanol–water partition coefficient (Wildman–Crippen LogP) is 3.15. The van der Waals surface area contributed by atoms with Crippen LogP contribution < -0.4 is 0 Å². The number of aliphatic hydroxyl groups is 5. The molecule has 0 saturated heterocycles. The van der Waals surface area contributed by atoms with Crippen LogP contribution in [0.1, 0.15) is 90.9 Å². The molecule has 0 aromatic rings. The van der Waals surface area contributed by atoms with Crippen LogP contribution >= 0.6 is 7.82 Å². The molecule has 1 fully saturated rings. The first-order valence-corrected chi connectivity index (χ1v) is 17.3. The minimum atomic E-state index is -5.09. The monoisotopic (exact) mass is 664 g/mol. The van der Waals surface area contributed by atoms with E-state index in [1.807, 2.05) is 0 Å². The van der Waals surface area contributed by atoms with Gasteiger partial charge in [-0.2, -0.15) is 0 Å². The van der Waals surface area contributed by atoms with Crippen molar-refractivity contribution in [3.8, 4) is 0 Å². The highest BCUT2D eigenvalue weighted by Crippen LogP contribution is 2.47. The number of ether oxygens (including phenoxy) is 2. The number of unbranched alkanes of at least 4 members (excludes halogenated alkanes) is 5. The summed E-state index contributed by atoms with van der Waals surface area (Å²) in [6, 6.07) is 0. The minimum Gasteiger partial charge on any atom is -0.462 e. The van der Waals surface area contributed by atoms with E-state index < -0.39 is 75.7 Å². The molecule has 45 heavy (non-hydrogen) atoms. The second-order valence-corrected chi connectivity index (χ2v) is 12.3. The maximum absolute atomic E-state index is 12.5. The van der Waals surface area contributed by atoms with Crippen LogP contribution in [0.25, 0.3) is 0 Å². The Morgan fingerprint density at radius 2 is 1.27 bits per heavy atom. The van der Waals surface area contributed by atoms with Gasteiger partial charge >= 0.3 is 19.8 Å². The average molecular weight is 665 g/mol. The molecule has 0 heterocycles. The number of hydrogen-bond donors (Lipinski definition) is 6. The Morgan fingerprint density at radius 1 is 0.711 bits per heavy atom. The van der Waals surface area contributed by atoms with Crippen molar-refractivity contribution in [1.82, 2.24) is 0 Å². The zero-order valence-electron chi connectivity index (χ0n) is 26.4. The lowest BCUT2D eigenvalue weighted by molar-refractivity contribution is -0.220. The number of hydrogen-bond acceptors (Lipinski definition) is 12. The van der Waals surface area contributed by atoms with Crippen LogP contribution in [0.15, 0.2) is 36.5 Å². The van der Waals surface area contributed by atoms with E-state index in [-0.39, 0.29) is 12.8 Å². The van der Waals surface area contributed by atoms with Gasteiger partial charge in [0.05, 0.1) is 6.61 Å². The van der Waals surface area contributed by atoms with Gasteiger partial charge in [-0.25, -0.2) is 4.57 Å². The topological polar surface area (TPSA) is 210 Å². The molecule has 1 saturated carbocycles. The molecule has 0 aromatic carbocycles. The van der Waals surface area contributed by atoms with Crippen LogP contribution in [0.4, 0.5) is 0 Å². The highest BCUT2D eigenvalue weighted by molar-refractivity contribution is 7.47. The average Bonchev–Trinajstić information content (AvgIpc) is 3.00. The predicted molar refractivity (Wildman–Crippen MR) is 166 cm³/mol. The number of carbonyl (C=O) groups excluding carboxylic acids is 2. The maximum atomic E-state index is 12.5. The van der Waals surface area contributed by atoms with Gasteiger partial charge in [-0.1, -0.05) is 69.6 Å². The molecule has 260 valence electrons. The number of esters is 2. The van der Waals surface area contributed by atoms with E-state index in [1.54, 1.807) is 6.92 Å². The fourth-order valence-corrected chi connectivity index (χ4v) is 5.37. The van der Waals surface area contributed by atoms with Gasteiger partial charge < -0.3 is 39.9 Å². The van der Waals surface area contributed by atoms with E-state index in [0.29, 0.717) is 12.8 Å². The molecule has 1 aliphatic carbocycles. The summed E-state index contributed by atoms with van der Waals surface area (Å²) in [5.74, 6) is -1.19. The standard InChI is InChI=1S/C31H53O13P/c1-3-5-6-7-8-9-10-11-12-13-14-15-16-17-18-20-25(33)43-23(21-41-24(32)19-4-2)22-42-45(39,40)44-31-29(37)27(35)26(34)28(36)30(31)38/h5-6,8-9,11-12,23,26-31,34-38H,3-4,7,10,13-22H2,1-2H3,(H,39,40)/b6-5-,9-8-,12-11-. The Balaban J connectivity index is 2.46. The van der Waals surface area contributed by atoms with E-state index in [9.17, 15) is 44.6 Å². The first-order valence-electron chi connectivity index (χ1n) is 15.8. The van der Waals surface area contributed by atoms with Crippen molar-refractivity contribution in [2.24, 2.45) is 0 Å². The van der Waals surface area contributed by atoms with Gasteiger partial charge in [-0.3, -0.25) is 18.6 Å². The Morgan fingerprint density at radius 3 is 1.89 bits per heavy atom. The van der Waals surface area contributed by atoms with Gasteiger partial charge in [-0.05, 0) is 44.9 Å². The van der Waals surface area contributed by atoms with Crippen LogP contribution in [0, 0.1) is 0 Å². The zero-order valence-corrected chi connectivity index (χ0v) is 27.3. The first-order chi connectivity index (χ1) is 21.4. The van der Waals surface area contributed by atoms with Crippen molar-refractivity contribution >= 4 is 19.8 Å². The smallest absolute Gasteiger partial charge is 0.462 e. The molecule has 1 rings (SSSR count). The summed E-state index contributed by atoms with van der Waals surface area (Å²) in [4.78, 5) is 34.4. The van der Waals surface area contributed by atoms with E-state index in [2.05, 4.69) is 43.4 Å². The number of rotatable bonds is 23. The van der Waals surface area contributed by atoms with Gasteiger partial charge in [0.1, 0.15) is 43.2 Å². The summed E-state index contributed by atoms with van der Waals surface area (Å²) in [5, 5.41) is 49.4. The van der Waals surface area contributed by atoms with Gasteiger partial charge in [-0.15, -0.1) is 0 Å². The number of carbonyl (C=O) groups is 2. The Labute approximate surface area is 266 Å². The van der Waals surface area contributed by atoms with Crippen molar-refractivity contribution in [3.63, 3.8) is 0 Å². The summed E-state index contributed by atoms with van der Waals surface area (Å²) >= 11 is 0. The fourth-order valence-electron chi connectivity index (χ4n) is 4.39. The lowest BCUT2D eigenvalue weighted by Crippen LogP contribution is -2.64. The largest absolute Gasteiger partial charge is 0.472 e. The lowest BCUT2D eigenvalue weighted by Gasteiger charge is -2.41. The fraction of sp³-hybridized carbons (Fsp3) is 0.742. The summed E-state index contributed by atoms with van der Waals surface area (Å²) in [7, 11) is -5.09. The van der Waals surface area contributed by atoms with E-state index in [4.69, 9.17) is 18.5 Å². The molecule has 1 aliphatic rings. The zero-order chi connectivity index (χ0) is 33.7. The Hall–Kier alpha value is -1.93. The molecule has 0 bridgehead atoms. The number of aliphatic hydroxyl groups excluding tert-OH is 5. The SMILES string of the molecule is CC/C=C\C/C=C\C/C=C\CCCCCCCC(=O)OC(COC(=O)CCC)COP(=O)(O)OC1C(O)C(O)C(O)C(O)C1O. The molecule has 6 unspecified atom stereocenters. The third kappa shape index (κ3) is 17.5. The van der Waals surface area contributed by atoms with Crippen molar-refractivity contribution in [3.05, 3.63) is 36.5 Å². The van der Waals surface area contributed by atoms with E-state index >= 15 is 0 Å². The molecule has 0 aliphatic heterocycles. The van der Waals surface area contributed by atoms with E-state index in [1.165, 1.54) is 0 Å². The molecule has 0 radical (unpaired) electrons. The highest BCUT2D eigenvalue weighted by Gasteiger charge is 2.51. The molecule has 6 N–H and O–H groups in total. The maximum Gasteiger partial charge on any atom is 0.472 e.